The normalized spacial score (nSPS) is 17.5. The van der Waals surface area contributed by atoms with Gasteiger partial charge in [-0.3, -0.25) is 0 Å². The van der Waals surface area contributed by atoms with Crippen LogP contribution in [-0.2, 0) is 6.42 Å². The van der Waals surface area contributed by atoms with Gasteiger partial charge >= 0.3 is 0 Å². The molecule has 1 unspecified atom stereocenters. The minimum atomic E-state index is -0.139. The van der Waals surface area contributed by atoms with E-state index in [1.54, 1.807) is 6.07 Å². The molecule has 0 aliphatic heterocycles. The molecule has 0 saturated heterocycles. The monoisotopic (exact) mass is 255 g/mol. The van der Waals surface area contributed by atoms with Crippen LogP contribution < -0.4 is 5.32 Å². The van der Waals surface area contributed by atoms with E-state index in [1.807, 2.05) is 26.1 Å². The number of benzene rings is 2. The number of nitrogens with one attached hydrogen (secondary N) is 1. The molecule has 0 aromatic heterocycles. The third kappa shape index (κ3) is 2.17. The van der Waals surface area contributed by atoms with Gasteiger partial charge in [-0.15, -0.1) is 0 Å². The predicted molar refractivity (Wildman–Crippen MR) is 76.7 cm³/mol. The number of aryl methyl sites for hydroxylation is 2. The molecule has 2 heteroatoms. The second-order valence-electron chi connectivity index (χ2n) is 5.26. The lowest BCUT2D eigenvalue weighted by Gasteiger charge is -2.11. The highest BCUT2D eigenvalue weighted by Gasteiger charge is 2.20. The molecule has 1 aliphatic carbocycles. The van der Waals surface area contributed by atoms with Crippen LogP contribution in [0.5, 0.6) is 0 Å². The minimum Gasteiger partial charge on any atom is -0.313 e. The van der Waals surface area contributed by atoms with E-state index in [-0.39, 0.29) is 5.82 Å². The van der Waals surface area contributed by atoms with Crippen molar-refractivity contribution < 1.29 is 4.39 Å². The Morgan fingerprint density at radius 3 is 2.58 bits per heavy atom. The minimum absolute atomic E-state index is 0.139. The van der Waals surface area contributed by atoms with Gasteiger partial charge in [0.25, 0.3) is 0 Å². The molecule has 3 rings (SSSR count). The average Bonchev–Trinajstić information content (AvgIpc) is 2.84. The highest BCUT2D eigenvalue weighted by Crippen LogP contribution is 2.34. The molecule has 1 atom stereocenters. The Bertz CT molecular complexity index is 619. The van der Waals surface area contributed by atoms with Crippen molar-refractivity contribution in [2.75, 3.05) is 7.05 Å². The zero-order valence-corrected chi connectivity index (χ0v) is 11.3. The number of halogens is 1. The van der Waals surface area contributed by atoms with Gasteiger partial charge in [-0.2, -0.15) is 0 Å². The molecule has 0 heterocycles. The van der Waals surface area contributed by atoms with E-state index in [4.69, 9.17) is 0 Å². The summed E-state index contributed by atoms with van der Waals surface area (Å²) in [5.74, 6) is -0.139. The van der Waals surface area contributed by atoms with Gasteiger partial charge in [-0.05, 0) is 66.8 Å². The van der Waals surface area contributed by atoms with Crippen LogP contribution in [0.3, 0.4) is 0 Å². The first-order valence-electron chi connectivity index (χ1n) is 6.75. The third-order valence-electron chi connectivity index (χ3n) is 4.06. The van der Waals surface area contributed by atoms with Crippen molar-refractivity contribution in [2.24, 2.45) is 0 Å². The number of rotatable bonds is 2. The Balaban J connectivity index is 2.01. The Kier molecular flexibility index (Phi) is 3.11. The summed E-state index contributed by atoms with van der Waals surface area (Å²) in [7, 11) is 2.01. The summed E-state index contributed by atoms with van der Waals surface area (Å²) in [4.78, 5) is 0. The van der Waals surface area contributed by atoms with E-state index in [1.165, 1.54) is 16.7 Å². The Morgan fingerprint density at radius 2 is 1.84 bits per heavy atom. The molecule has 0 bridgehead atoms. The Labute approximate surface area is 113 Å². The van der Waals surface area contributed by atoms with Gasteiger partial charge in [-0.25, -0.2) is 4.39 Å². The third-order valence-corrected chi connectivity index (χ3v) is 4.06. The summed E-state index contributed by atoms with van der Waals surface area (Å²) in [5.41, 5.74) is 5.79. The van der Waals surface area contributed by atoms with Gasteiger partial charge in [0, 0.05) is 6.04 Å². The van der Waals surface area contributed by atoms with Crippen molar-refractivity contribution in [3.8, 4) is 11.1 Å². The van der Waals surface area contributed by atoms with E-state index in [2.05, 4.69) is 23.5 Å². The highest BCUT2D eigenvalue weighted by atomic mass is 19.1. The largest absolute Gasteiger partial charge is 0.313 e. The van der Waals surface area contributed by atoms with E-state index < -0.39 is 0 Å². The molecule has 1 aliphatic rings. The van der Waals surface area contributed by atoms with Crippen molar-refractivity contribution in [1.29, 1.82) is 0 Å². The maximum atomic E-state index is 13.3. The van der Waals surface area contributed by atoms with Crippen LogP contribution in [0, 0.1) is 12.7 Å². The fourth-order valence-corrected chi connectivity index (χ4v) is 2.92. The summed E-state index contributed by atoms with van der Waals surface area (Å²) in [6.45, 7) is 1.81. The van der Waals surface area contributed by atoms with Crippen LogP contribution in [0.25, 0.3) is 11.1 Å². The van der Waals surface area contributed by atoms with Gasteiger partial charge in [0.1, 0.15) is 5.82 Å². The molecule has 2 aromatic rings. The summed E-state index contributed by atoms with van der Waals surface area (Å²) < 4.78 is 13.3. The Morgan fingerprint density at radius 1 is 1.11 bits per heavy atom. The maximum absolute atomic E-state index is 13.3. The second kappa shape index (κ2) is 4.78. The molecule has 19 heavy (non-hydrogen) atoms. The molecular weight excluding hydrogens is 237 g/mol. The average molecular weight is 255 g/mol. The van der Waals surface area contributed by atoms with Gasteiger partial charge in [-0.1, -0.05) is 24.3 Å². The first-order valence-corrected chi connectivity index (χ1v) is 6.75. The first kappa shape index (κ1) is 12.4. The predicted octanol–water partition coefficient (Wildman–Crippen LogP) is 4.01. The van der Waals surface area contributed by atoms with Crippen molar-refractivity contribution in [3.05, 3.63) is 58.9 Å². The molecular formula is C17H18FN. The molecule has 1 nitrogen and oxygen atoms in total. The van der Waals surface area contributed by atoms with Crippen molar-refractivity contribution in [3.63, 3.8) is 0 Å². The highest BCUT2D eigenvalue weighted by molar-refractivity contribution is 5.66. The van der Waals surface area contributed by atoms with Gasteiger partial charge in [0.05, 0.1) is 0 Å². The SMILES string of the molecule is CNC1CCc2cc(-c3ccc(F)c(C)c3)ccc21. The van der Waals surface area contributed by atoms with Gasteiger partial charge < -0.3 is 5.32 Å². The zero-order chi connectivity index (χ0) is 13.4. The summed E-state index contributed by atoms with van der Waals surface area (Å²) in [6, 6.07) is 12.4. The van der Waals surface area contributed by atoms with Crippen molar-refractivity contribution in [1.82, 2.24) is 5.32 Å². The maximum Gasteiger partial charge on any atom is 0.126 e. The molecule has 0 fully saturated rings. The van der Waals surface area contributed by atoms with Crippen molar-refractivity contribution >= 4 is 0 Å². The lowest BCUT2D eigenvalue weighted by Crippen LogP contribution is -2.12. The van der Waals surface area contributed by atoms with Crippen molar-refractivity contribution in [2.45, 2.75) is 25.8 Å². The van der Waals surface area contributed by atoms with E-state index in [0.29, 0.717) is 11.6 Å². The molecule has 98 valence electrons. The van der Waals surface area contributed by atoms with E-state index in [0.717, 1.165) is 18.4 Å². The topological polar surface area (TPSA) is 12.0 Å². The summed E-state index contributed by atoms with van der Waals surface area (Å²) >= 11 is 0. The van der Waals surface area contributed by atoms with Crippen LogP contribution >= 0.6 is 0 Å². The molecule has 0 radical (unpaired) electrons. The molecule has 0 saturated carbocycles. The molecule has 0 amide bonds. The van der Waals surface area contributed by atoms with Crippen LogP contribution in [0.15, 0.2) is 36.4 Å². The van der Waals surface area contributed by atoms with E-state index in [9.17, 15) is 4.39 Å². The smallest absolute Gasteiger partial charge is 0.126 e. The lowest BCUT2D eigenvalue weighted by molar-refractivity contribution is 0.590. The molecule has 1 N–H and O–H groups in total. The number of hydrogen-bond donors (Lipinski definition) is 1. The van der Waals surface area contributed by atoms with Gasteiger partial charge in [0.15, 0.2) is 0 Å². The van der Waals surface area contributed by atoms with Gasteiger partial charge in [0.2, 0.25) is 0 Å². The lowest BCUT2D eigenvalue weighted by atomic mass is 9.98. The summed E-state index contributed by atoms with van der Waals surface area (Å²) in [6.07, 6.45) is 2.28. The molecule has 2 aromatic carbocycles. The van der Waals surface area contributed by atoms with Crippen LogP contribution in [0.4, 0.5) is 4.39 Å². The fraction of sp³-hybridized carbons (Fsp3) is 0.294. The number of hydrogen-bond acceptors (Lipinski definition) is 1. The summed E-state index contributed by atoms with van der Waals surface area (Å²) in [5, 5.41) is 3.35. The van der Waals surface area contributed by atoms with Crippen LogP contribution in [-0.4, -0.2) is 7.05 Å². The zero-order valence-electron chi connectivity index (χ0n) is 11.3. The standard InChI is InChI=1S/C17H18FN/c1-11-9-12(4-7-16(11)18)13-3-6-15-14(10-13)5-8-17(15)19-2/h3-4,6-7,9-10,17,19H,5,8H2,1-2H3. The second-order valence-corrected chi connectivity index (χ2v) is 5.26. The number of fused-ring (bicyclic) bond motifs is 1. The fourth-order valence-electron chi connectivity index (χ4n) is 2.92. The molecule has 0 spiro atoms. The first-order chi connectivity index (χ1) is 9.19. The van der Waals surface area contributed by atoms with Crippen LogP contribution in [0.1, 0.15) is 29.2 Å². The Hall–Kier alpha value is -1.67. The quantitative estimate of drug-likeness (QED) is 0.855. The van der Waals surface area contributed by atoms with E-state index >= 15 is 0 Å². The van der Waals surface area contributed by atoms with Crippen LogP contribution in [0.2, 0.25) is 0 Å².